The summed E-state index contributed by atoms with van der Waals surface area (Å²) in [5, 5.41) is 3.53. The van der Waals surface area contributed by atoms with Gasteiger partial charge in [0.05, 0.1) is 0 Å². The van der Waals surface area contributed by atoms with E-state index >= 15 is 0 Å². The number of aldehydes is 1. The molecule has 0 spiro atoms. The van der Waals surface area contributed by atoms with Crippen LogP contribution in [0.1, 0.15) is 6.92 Å². The molecule has 13 heavy (non-hydrogen) atoms. The van der Waals surface area contributed by atoms with Gasteiger partial charge in [-0.1, -0.05) is 0 Å². The van der Waals surface area contributed by atoms with E-state index in [1.54, 1.807) is 0 Å². The Labute approximate surface area is 75.2 Å². The van der Waals surface area contributed by atoms with Crippen LogP contribution in [0.15, 0.2) is 5.10 Å². The fourth-order valence-electron chi connectivity index (χ4n) is 0.948. The molecule has 0 saturated carbocycles. The first-order chi connectivity index (χ1) is 5.85. The van der Waals surface area contributed by atoms with E-state index in [9.17, 15) is 13.2 Å². The Hall–Kier alpha value is -1.15. The molecule has 0 amide bonds. The zero-order chi connectivity index (χ0) is 10.3. The number of nitrogens with zero attached hydrogens (tertiary/aromatic N) is 2. The van der Waals surface area contributed by atoms with Crippen LogP contribution >= 0.6 is 0 Å². The van der Waals surface area contributed by atoms with Gasteiger partial charge in [-0.3, -0.25) is 14.8 Å². The molecule has 7 nitrogen and oxygen atoms in total. The number of hydrazone groups is 1. The minimum absolute atomic E-state index is 0.0856. The molecule has 0 aromatic rings. The van der Waals surface area contributed by atoms with Gasteiger partial charge < -0.3 is 4.90 Å². The van der Waals surface area contributed by atoms with Crippen LogP contribution in [0.4, 0.5) is 0 Å². The largest absolute Gasteiger partial charge is 0.318 e. The Morgan fingerprint density at radius 1 is 1.69 bits per heavy atom. The Balaban J connectivity index is 3.22. The number of carbonyl (C=O) groups is 1. The summed E-state index contributed by atoms with van der Waals surface area (Å²) in [4.78, 5) is 9.48. The summed E-state index contributed by atoms with van der Waals surface area (Å²) in [5.74, 6) is 0.296. The van der Waals surface area contributed by atoms with Gasteiger partial charge >= 0.3 is 15.1 Å². The minimum atomic E-state index is -4.56. The van der Waals surface area contributed by atoms with Crippen LogP contribution in [0.25, 0.3) is 0 Å². The summed E-state index contributed by atoms with van der Waals surface area (Å²) in [6, 6.07) is 0. The highest BCUT2D eigenvalue weighted by Gasteiger charge is 2.51. The Bertz CT molecular complexity index is 362. The van der Waals surface area contributed by atoms with Crippen LogP contribution in [0.5, 0.6) is 0 Å². The topological polar surface area (TPSA) is 99.1 Å². The third-order valence-electron chi connectivity index (χ3n) is 1.91. The zero-order valence-corrected chi connectivity index (χ0v) is 7.87. The van der Waals surface area contributed by atoms with Gasteiger partial charge in [-0.2, -0.15) is 13.5 Å². The van der Waals surface area contributed by atoms with E-state index in [-0.39, 0.29) is 6.29 Å². The van der Waals surface area contributed by atoms with Crippen LogP contribution in [0, 0.1) is 0 Å². The van der Waals surface area contributed by atoms with Crippen molar-refractivity contribution in [2.75, 3.05) is 7.05 Å². The highest BCUT2D eigenvalue weighted by atomic mass is 32.2. The van der Waals surface area contributed by atoms with E-state index in [2.05, 4.69) is 10.5 Å². The maximum Gasteiger partial charge on any atom is 0.318 e. The smallest absolute Gasteiger partial charge is 0.317 e. The molecule has 0 aliphatic carbocycles. The Morgan fingerprint density at radius 3 is 2.38 bits per heavy atom. The maximum absolute atomic E-state index is 10.9. The maximum atomic E-state index is 10.9. The number of hydrogen-bond acceptors (Lipinski definition) is 6. The molecule has 8 heteroatoms. The summed E-state index contributed by atoms with van der Waals surface area (Å²) < 4.78 is 30.6. The standard InChI is InChI=1S/C5H9N3O4S/c1-4-6-7-5(3-9,8(4)2)13(10,11)12/h3,7H,1-2H3,(H,10,11,12). The van der Waals surface area contributed by atoms with Gasteiger partial charge in [0, 0.05) is 7.05 Å². The quantitative estimate of drug-likeness (QED) is 0.426. The lowest BCUT2D eigenvalue weighted by Crippen LogP contribution is -2.58. The fraction of sp³-hybridized carbons (Fsp3) is 0.600. The van der Waals surface area contributed by atoms with Crippen molar-refractivity contribution in [3.8, 4) is 0 Å². The predicted molar refractivity (Wildman–Crippen MR) is 44.4 cm³/mol. The normalized spacial score (nSPS) is 28.2. The molecule has 1 rings (SSSR count). The van der Waals surface area contributed by atoms with Crippen molar-refractivity contribution in [1.82, 2.24) is 10.3 Å². The van der Waals surface area contributed by atoms with Crippen LogP contribution in [-0.2, 0) is 14.9 Å². The highest BCUT2D eigenvalue weighted by molar-refractivity contribution is 7.87. The van der Waals surface area contributed by atoms with E-state index in [4.69, 9.17) is 4.55 Å². The molecule has 0 aromatic carbocycles. The number of likely N-dealkylation sites (N-methyl/N-ethyl adjacent to an activating group) is 1. The first kappa shape index (κ1) is 9.93. The van der Waals surface area contributed by atoms with Gasteiger partial charge in [-0.05, 0) is 6.92 Å². The molecule has 0 fully saturated rings. The summed E-state index contributed by atoms with van der Waals surface area (Å²) in [5.41, 5.74) is 2.07. The van der Waals surface area contributed by atoms with E-state index in [0.717, 1.165) is 4.90 Å². The predicted octanol–water partition coefficient (Wildman–Crippen LogP) is -1.40. The molecule has 0 radical (unpaired) electrons. The van der Waals surface area contributed by atoms with Crippen molar-refractivity contribution in [3.05, 3.63) is 0 Å². The van der Waals surface area contributed by atoms with Crippen molar-refractivity contribution >= 4 is 22.2 Å². The molecule has 0 aromatic heterocycles. The molecule has 74 valence electrons. The molecular formula is C5H9N3O4S. The van der Waals surface area contributed by atoms with E-state index in [1.807, 2.05) is 0 Å². The monoisotopic (exact) mass is 207 g/mol. The van der Waals surface area contributed by atoms with Crippen molar-refractivity contribution in [2.45, 2.75) is 11.9 Å². The summed E-state index contributed by atoms with van der Waals surface area (Å²) in [6.07, 6.45) is 0.0856. The lowest BCUT2D eigenvalue weighted by molar-refractivity contribution is -0.113. The number of nitrogens with one attached hydrogen (secondary N) is 1. The minimum Gasteiger partial charge on any atom is -0.317 e. The number of carbonyl (C=O) groups excluding carboxylic acids is 1. The van der Waals surface area contributed by atoms with Crippen molar-refractivity contribution in [3.63, 3.8) is 0 Å². The second-order valence-electron chi connectivity index (χ2n) is 2.62. The molecule has 1 aliphatic rings. The van der Waals surface area contributed by atoms with Gasteiger partial charge in [0.25, 0.3) is 0 Å². The highest BCUT2D eigenvalue weighted by Crippen LogP contribution is 2.19. The summed E-state index contributed by atoms with van der Waals surface area (Å²) in [7, 11) is -3.23. The lowest BCUT2D eigenvalue weighted by Gasteiger charge is -2.27. The van der Waals surface area contributed by atoms with E-state index < -0.39 is 15.1 Å². The van der Waals surface area contributed by atoms with Gasteiger partial charge in [0.2, 0.25) is 0 Å². The van der Waals surface area contributed by atoms with Crippen molar-refractivity contribution in [2.24, 2.45) is 5.10 Å². The van der Waals surface area contributed by atoms with E-state index in [1.165, 1.54) is 14.0 Å². The molecule has 1 atom stereocenters. The number of rotatable bonds is 2. The average molecular weight is 207 g/mol. The molecule has 2 N–H and O–H groups in total. The Morgan fingerprint density at radius 2 is 2.23 bits per heavy atom. The fourth-order valence-corrected chi connectivity index (χ4v) is 1.71. The van der Waals surface area contributed by atoms with Crippen LogP contribution < -0.4 is 5.43 Å². The second kappa shape index (κ2) is 2.67. The summed E-state index contributed by atoms with van der Waals surface area (Å²) in [6.45, 7) is 1.50. The van der Waals surface area contributed by atoms with E-state index in [0.29, 0.717) is 5.84 Å². The zero-order valence-electron chi connectivity index (χ0n) is 7.05. The van der Waals surface area contributed by atoms with Crippen LogP contribution in [0.2, 0.25) is 0 Å². The molecule has 1 heterocycles. The van der Waals surface area contributed by atoms with Crippen molar-refractivity contribution in [1.29, 1.82) is 0 Å². The third-order valence-corrected chi connectivity index (χ3v) is 3.16. The third kappa shape index (κ3) is 1.18. The molecule has 1 unspecified atom stereocenters. The lowest BCUT2D eigenvalue weighted by atomic mass is 10.5. The van der Waals surface area contributed by atoms with Gasteiger partial charge in [0.15, 0.2) is 6.29 Å². The number of hydrogen-bond donors (Lipinski definition) is 2. The van der Waals surface area contributed by atoms with Crippen LogP contribution in [0.3, 0.4) is 0 Å². The van der Waals surface area contributed by atoms with Gasteiger partial charge in [-0.25, -0.2) is 0 Å². The van der Waals surface area contributed by atoms with Gasteiger partial charge in [0.1, 0.15) is 5.84 Å². The average Bonchev–Trinajstić information content (AvgIpc) is 2.29. The first-order valence-corrected chi connectivity index (χ1v) is 4.78. The van der Waals surface area contributed by atoms with Crippen molar-refractivity contribution < 1.29 is 17.8 Å². The molecule has 0 saturated heterocycles. The first-order valence-electron chi connectivity index (χ1n) is 3.34. The van der Waals surface area contributed by atoms with Gasteiger partial charge in [-0.15, -0.1) is 0 Å². The number of amidine groups is 1. The molecule has 1 aliphatic heterocycles. The SMILES string of the molecule is CC1=NNC(C=O)(S(=O)(=O)O)N1C. The van der Waals surface area contributed by atoms with Crippen LogP contribution in [-0.4, -0.2) is 42.0 Å². The second-order valence-corrected chi connectivity index (χ2v) is 4.19. The molecular weight excluding hydrogens is 198 g/mol. The molecule has 0 bridgehead atoms. The Kier molecular flexibility index (Phi) is 2.04. The summed E-state index contributed by atoms with van der Waals surface area (Å²) >= 11 is 0.